The Morgan fingerprint density at radius 1 is 0.507 bits per heavy atom. The number of carbonyl (C=O) groups excluding carboxylic acids is 1. The third kappa shape index (κ3) is 51.8. The first-order valence-electron chi connectivity index (χ1n) is 28.3. The van der Waals surface area contributed by atoms with Crippen molar-refractivity contribution in [2.75, 3.05) is 40.9 Å². The molecule has 0 saturated carbocycles. The number of aliphatic hydroxyl groups excluding tert-OH is 2. The molecule has 0 aliphatic rings. The minimum Gasteiger partial charge on any atom is -0.390 e. The van der Waals surface area contributed by atoms with Crippen LogP contribution in [0.1, 0.15) is 213 Å². The fourth-order valence-electron chi connectivity index (χ4n) is 7.66. The second kappa shape index (κ2) is 50.6. The van der Waals surface area contributed by atoms with Crippen LogP contribution >= 0.6 is 7.82 Å². The van der Waals surface area contributed by atoms with E-state index >= 15 is 0 Å². The number of amides is 1. The van der Waals surface area contributed by atoms with Crippen LogP contribution in [0.3, 0.4) is 0 Å². The van der Waals surface area contributed by atoms with Gasteiger partial charge in [-0.15, -0.1) is 0 Å². The van der Waals surface area contributed by atoms with Crippen molar-refractivity contribution in [3.05, 3.63) is 109 Å². The molecular weight excluding hydrogens is 904 g/mol. The molecule has 0 aromatic rings. The molecule has 4 N–H and O–H groups in total. The summed E-state index contributed by atoms with van der Waals surface area (Å²) < 4.78 is 23.6. The van der Waals surface area contributed by atoms with Gasteiger partial charge in [-0.1, -0.05) is 232 Å². The van der Waals surface area contributed by atoms with Crippen molar-refractivity contribution in [1.82, 2.24) is 5.32 Å². The first-order chi connectivity index (χ1) is 34.4. The highest BCUT2D eigenvalue weighted by Gasteiger charge is 2.32. The van der Waals surface area contributed by atoms with Gasteiger partial charge in [0.15, 0.2) is 0 Å². The molecule has 0 saturated heterocycles. The zero-order valence-electron chi connectivity index (χ0n) is 46.0. The maximum Gasteiger partial charge on any atom is 0.472 e. The van der Waals surface area contributed by atoms with Gasteiger partial charge in [0.25, 0.3) is 0 Å². The fraction of sp³-hybridized carbons (Fsp3) is 0.689. The van der Waals surface area contributed by atoms with Crippen LogP contribution in [0.15, 0.2) is 109 Å². The largest absolute Gasteiger partial charge is 0.472 e. The van der Waals surface area contributed by atoms with E-state index in [2.05, 4.69) is 129 Å². The summed E-state index contributed by atoms with van der Waals surface area (Å²) in [5.74, 6) is -0.274. The van der Waals surface area contributed by atoms with Crippen LogP contribution in [-0.2, 0) is 18.4 Å². The molecule has 0 fully saturated rings. The number of aliphatic hydroxyl groups is 2. The number of hydrogen-bond donors (Lipinski definition) is 4. The second-order valence-corrected chi connectivity index (χ2v) is 21.5. The molecule has 0 bridgehead atoms. The van der Waals surface area contributed by atoms with E-state index in [-0.39, 0.29) is 18.9 Å². The first-order valence-corrected chi connectivity index (χ1v) is 29.8. The van der Waals surface area contributed by atoms with Gasteiger partial charge in [0.2, 0.25) is 5.91 Å². The topological polar surface area (TPSA) is 125 Å². The molecule has 0 aliphatic heterocycles. The smallest absolute Gasteiger partial charge is 0.390 e. The van der Waals surface area contributed by atoms with E-state index in [1.165, 1.54) is 77.0 Å². The summed E-state index contributed by atoms with van der Waals surface area (Å²) in [4.78, 5) is 23.3. The number of phosphoric acid groups is 1. The van der Waals surface area contributed by atoms with Crippen LogP contribution in [0.4, 0.5) is 0 Å². The van der Waals surface area contributed by atoms with Crippen LogP contribution in [-0.4, -0.2) is 84.6 Å². The molecule has 9 nitrogen and oxygen atoms in total. The first kappa shape index (κ1) is 68.1. The van der Waals surface area contributed by atoms with Crippen molar-refractivity contribution in [2.45, 2.75) is 231 Å². The number of allylic oxidation sites excluding steroid dienone is 18. The highest BCUT2D eigenvalue weighted by Crippen LogP contribution is 2.43. The number of likely N-dealkylation sites (N-methyl/N-ethyl adjacent to an activating group) is 1. The lowest BCUT2D eigenvalue weighted by Crippen LogP contribution is -2.51. The summed E-state index contributed by atoms with van der Waals surface area (Å²) in [7, 11) is 1.41. The Morgan fingerprint density at radius 2 is 0.873 bits per heavy atom. The number of hydrogen-bond acceptors (Lipinski definition) is 6. The molecule has 0 aliphatic carbocycles. The summed E-state index contributed by atoms with van der Waals surface area (Å²) in [5.41, 5.74) is 0. The number of rotatable bonds is 50. The molecule has 4 unspecified atom stereocenters. The van der Waals surface area contributed by atoms with Crippen molar-refractivity contribution in [1.29, 1.82) is 0 Å². The monoisotopic (exact) mass is 1010 g/mol. The zero-order chi connectivity index (χ0) is 52.2. The maximum absolute atomic E-state index is 13.0. The Bertz CT molecular complexity index is 1540. The van der Waals surface area contributed by atoms with Crippen LogP contribution in [0.2, 0.25) is 0 Å². The van der Waals surface area contributed by atoms with Crippen molar-refractivity contribution >= 4 is 13.7 Å². The SMILES string of the molecule is CC/C=C\C/C=C\C/C=C\C/C=C\C/C=C\C/C=C\C/C=C\C/C=C\C/C=C\CCCCCCCCCC(=O)NC(COP(=O)(O)OCC[N+](C)(C)C)C(O)C(O)CCCCCCCCCCCCCC. The Balaban J connectivity index is 4.24. The maximum atomic E-state index is 13.0. The number of nitrogens with zero attached hydrogens (tertiary/aromatic N) is 1. The van der Waals surface area contributed by atoms with Gasteiger partial charge in [-0.2, -0.15) is 0 Å². The summed E-state index contributed by atoms with van der Waals surface area (Å²) in [5, 5.41) is 24.8. The number of carbonyl (C=O) groups is 1. The van der Waals surface area contributed by atoms with Gasteiger partial charge in [0.05, 0.1) is 39.9 Å². The molecule has 10 heteroatoms. The predicted molar refractivity (Wildman–Crippen MR) is 305 cm³/mol. The minimum atomic E-state index is -4.43. The number of phosphoric ester groups is 1. The van der Waals surface area contributed by atoms with Gasteiger partial charge >= 0.3 is 7.82 Å². The molecule has 0 aromatic heterocycles. The third-order valence-electron chi connectivity index (χ3n) is 12.1. The lowest BCUT2D eigenvalue weighted by molar-refractivity contribution is -0.870. The summed E-state index contributed by atoms with van der Waals surface area (Å²) in [6.45, 7) is 4.47. The Morgan fingerprint density at radius 3 is 1.28 bits per heavy atom. The average Bonchev–Trinajstić information content (AvgIpc) is 3.33. The van der Waals surface area contributed by atoms with Crippen LogP contribution < -0.4 is 5.32 Å². The highest BCUT2D eigenvalue weighted by molar-refractivity contribution is 7.47. The van der Waals surface area contributed by atoms with Crippen molar-refractivity contribution in [3.63, 3.8) is 0 Å². The van der Waals surface area contributed by atoms with Gasteiger partial charge in [0, 0.05) is 6.42 Å². The molecular formula is C61H108N2O7P+. The third-order valence-corrected chi connectivity index (χ3v) is 13.1. The molecule has 4 atom stereocenters. The number of quaternary nitrogens is 1. The fourth-order valence-corrected chi connectivity index (χ4v) is 8.40. The quantitative estimate of drug-likeness (QED) is 0.0207. The predicted octanol–water partition coefficient (Wildman–Crippen LogP) is 16.2. The summed E-state index contributed by atoms with van der Waals surface area (Å²) >= 11 is 0. The highest BCUT2D eigenvalue weighted by atomic mass is 31.2. The lowest BCUT2D eigenvalue weighted by atomic mass is 9.99. The molecule has 408 valence electrons. The van der Waals surface area contributed by atoms with E-state index in [4.69, 9.17) is 9.05 Å². The number of nitrogens with one attached hydrogen (secondary N) is 1. The van der Waals surface area contributed by atoms with Gasteiger partial charge in [-0.05, 0) is 83.5 Å². The average molecular weight is 1010 g/mol. The molecule has 0 aromatic carbocycles. The lowest BCUT2D eigenvalue weighted by Gasteiger charge is -2.28. The van der Waals surface area contributed by atoms with E-state index in [0.717, 1.165) is 103 Å². The second-order valence-electron chi connectivity index (χ2n) is 20.1. The molecule has 0 heterocycles. The minimum absolute atomic E-state index is 0.0140. The molecule has 0 rings (SSSR count). The summed E-state index contributed by atoms with van der Waals surface area (Å²) in [6, 6.07) is -1.05. The van der Waals surface area contributed by atoms with E-state index < -0.39 is 32.7 Å². The van der Waals surface area contributed by atoms with Crippen molar-refractivity contribution in [3.8, 4) is 0 Å². The standard InChI is InChI=1S/C61H107N2O7P/c1-6-8-10-12-14-16-18-20-21-22-23-24-25-26-27-28-29-30-31-32-33-34-35-36-37-38-39-40-41-42-44-46-48-50-52-54-60(65)62-58(57-70-71(67,68)69-56-55-63(3,4)5)61(66)59(64)53-51-49-47-45-43-19-17-15-13-11-9-7-2/h8,10,14,16,20-21,23-24,26-27,29-30,32-33,35-36,38-39,58-59,61,64,66H,6-7,9,11-13,15,17-19,22,25,28,31,34,37,40-57H2,1-5H3,(H-,62,65,67,68)/p+1/b10-8-,16-14-,21-20-,24-23-,27-26-,30-29-,33-32-,36-35-,39-38-. The molecule has 71 heavy (non-hydrogen) atoms. The Kier molecular flexibility index (Phi) is 48.6. The number of unbranched alkanes of at least 4 members (excludes halogenated alkanes) is 18. The van der Waals surface area contributed by atoms with Crippen LogP contribution in [0.5, 0.6) is 0 Å². The Labute approximate surface area is 436 Å². The van der Waals surface area contributed by atoms with Gasteiger partial charge in [-0.3, -0.25) is 13.8 Å². The van der Waals surface area contributed by atoms with Gasteiger partial charge in [-0.25, -0.2) is 4.57 Å². The van der Waals surface area contributed by atoms with E-state index in [0.29, 0.717) is 23.9 Å². The normalized spacial score (nSPS) is 15.2. The van der Waals surface area contributed by atoms with Gasteiger partial charge < -0.3 is 24.9 Å². The summed E-state index contributed by atoms with van der Waals surface area (Å²) in [6.07, 6.45) is 70.2. The van der Waals surface area contributed by atoms with Crippen molar-refractivity contribution < 1.29 is 38.0 Å². The molecule has 0 radical (unpaired) electrons. The zero-order valence-corrected chi connectivity index (χ0v) is 46.9. The van der Waals surface area contributed by atoms with Crippen LogP contribution in [0, 0.1) is 0 Å². The van der Waals surface area contributed by atoms with Gasteiger partial charge in [0.1, 0.15) is 19.3 Å². The molecule has 0 spiro atoms. The Hall–Kier alpha value is -2.88. The van der Waals surface area contributed by atoms with E-state index in [1.54, 1.807) is 0 Å². The van der Waals surface area contributed by atoms with Crippen molar-refractivity contribution in [2.24, 2.45) is 0 Å². The van der Waals surface area contributed by atoms with E-state index in [9.17, 15) is 24.5 Å². The molecule has 1 amide bonds. The van der Waals surface area contributed by atoms with E-state index in [1.807, 2.05) is 21.1 Å². The van der Waals surface area contributed by atoms with Crippen LogP contribution in [0.25, 0.3) is 0 Å².